The lowest BCUT2D eigenvalue weighted by Gasteiger charge is -2.18. The van der Waals surface area contributed by atoms with Crippen LogP contribution in [-0.4, -0.2) is 29.7 Å². The zero-order valence-electron chi connectivity index (χ0n) is 11.5. The van der Waals surface area contributed by atoms with E-state index >= 15 is 0 Å². The number of hydrogen-bond donors (Lipinski definition) is 3. The first-order chi connectivity index (χ1) is 10.3. The minimum Gasteiger partial charge on any atom is -0.486 e. The fourth-order valence-corrected chi connectivity index (χ4v) is 2.10. The molecule has 0 unspecified atom stereocenters. The summed E-state index contributed by atoms with van der Waals surface area (Å²) in [5, 5.41) is 3.21. The van der Waals surface area contributed by atoms with Crippen molar-refractivity contribution in [1.29, 1.82) is 0 Å². The number of nitrogens with zero attached hydrogens (tertiary/aromatic N) is 2. The van der Waals surface area contributed by atoms with Crippen LogP contribution in [0.25, 0.3) is 0 Å². The van der Waals surface area contributed by atoms with Crippen molar-refractivity contribution in [3.05, 3.63) is 36.2 Å². The van der Waals surface area contributed by atoms with E-state index in [1.54, 1.807) is 12.4 Å². The number of nitrogen functional groups attached to an aromatic ring is 1. The van der Waals surface area contributed by atoms with Crippen LogP contribution in [0.5, 0.6) is 11.5 Å². The van der Waals surface area contributed by atoms with Crippen LogP contribution in [0, 0.1) is 0 Å². The lowest BCUT2D eigenvalue weighted by molar-refractivity contribution is 0.171. The third-order valence-corrected chi connectivity index (χ3v) is 3.11. The Labute approximate surface area is 122 Å². The zero-order chi connectivity index (χ0) is 14.5. The number of aromatic nitrogens is 2. The van der Waals surface area contributed by atoms with E-state index in [9.17, 15) is 0 Å². The molecule has 0 radical (unpaired) electrons. The van der Waals surface area contributed by atoms with E-state index in [2.05, 4.69) is 20.7 Å². The Morgan fingerprint density at radius 1 is 1.10 bits per heavy atom. The third kappa shape index (κ3) is 3.32. The molecule has 2 aromatic rings. The van der Waals surface area contributed by atoms with E-state index in [1.165, 1.54) is 5.56 Å². The molecule has 0 amide bonds. The van der Waals surface area contributed by atoms with Crippen LogP contribution in [-0.2, 0) is 6.42 Å². The average Bonchev–Trinajstić information content (AvgIpc) is 2.55. The van der Waals surface area contributed by atoms with Gasteiger partial charge in [-0.05, 0) is 24.1 Å². The minimum atomic E-state index is 0.527. The van der Waals surface area contributed by atoms with Crippen LogP contribution in [0.3, 0.4) is 0 Å². The molecule has 3 rings (SSSR count). The van der Waals surface area contributed by atoms with Gasteiger partial charge in [0.2, 0.25) is 0 Å². The molecule has 110 valence electrons. The van der Waals surface area contributed by atoms with E-state index in [-0.39, 0.29) is 0 Å². The van der Waals surface area contributed by atoms with Crippen molar-refractivity contribution in [3.8, 4) is 11.5 Å². The van der Waals surface area contributed by atoms with Crippen molar-refractivity contribution < 1.29 is 9.47 Å². The van der Waals surface area contributed by atoms with Crippen molar-refractivity contribution in [1.82, 2.24) is 9.97 Å². The van der Waals surface area contributed by atoms with E-state index in [1.807, 2.05) is 18.2 Å². The molecule has 21 heavy (non-hydrogen) atoms. The highest BCUT2D eigenvalue weighted by atomic mass is 16.6. The van der Waals surface area contributed by atoms with Crippen LogP contribution in [0.2, 0.25) is 0 Å². The standard InChI is InChI=1S/C14H17N5O2/c15-19-14-9-16-8-13(18-14)17-4-3-10-1-2-11-12(7-10)21-6-5-20-11/h1-2,7-9H,3-6,15H2,(H2,17,18,19). The van der Waals surface area contributed by atoms with Gasteiger partial charge >= 0.3 is 0 Å². The fourth-order valence-electron chi connectivity index (χ4n) is 2.10. The smallest absolute Gasteiger partial charge is 0.161 e. The monoisotopic (exact) mass is 287 g/mol. The second kappa shape index (κ2) is 6.27. The number of fused-ring (bicyclic) bond motifs is 1. The van der Waals surface area contributed by atoms with Gasteiger partial charge in [-0.3, -0.25) is 4.98 Å². The van der Waals surface area contributed by atoms with Gasteiger partial charge in [0, 0.05) is 6.54 Å². The molecule has 0 atom stereocenters. The maximum Gasteiger partial charge on any atom is 0.161 e. The van der Waals surface area contributed by atoms with E-state index in [4.69, 9.17) is 15.3 Å². The number of benzene rings is 1. The fraction of sp³-hybridized carbons (Fsp3) is 0.286. The van der Waals surface area contributed by atoms with Crippen molar-refractivity contribution in [2.24, 2.45) is 5.84 Å². The van der Waals surface area contributed by atoms with Gasteiger partial charge in [0.1, 0.15) is 19.0 Å². The van der Waals surface area contributed by atoms with Gasteiger partial charge in [0.15, 0.2) is 17.3 Å². The highest BCUT2D eigenvalue weighted by molar-refractivity contribution is 5.44. The summed E-state index contributed by atoms with van der Waals surface area (Å²) < 4.78 is 11.1. The predicted octanol–water partition coefficient (Wildman–Crippen LogP) is 1.19. The van der Waals surface area contributed by atoms with Gasteiger partial charge in [0.05, 0.1) is 12.4 Å². The number of anilines is 2. The lowest BCUT2D eigenvalue weighted by atomic mass is 10.1. The third-order valence-electron chi connectivity index (χ3n) is 3.11. The molecule has 0 saturated heterocycles. The van der Waals surface area contributed by atoms with Crippen molar-refractivity contribution in [3.63, 3.8) is 0 Å². The molecular formula is C14H17N5O2. The van der Waals surface area contributed by atoms with Crippen LogP contribution < -0.4 is 26.1 Å². The normalized spacial score (nSPS) is 12.8. The summed E-state index contributed by atoms with van der Waals surface area (Å²) in [5.41, 5.74) is 3.64. The van der Waals surface area contributed by atoms with Gasteiger partial charge in [-0.1, -0.05) is 6.07 Å². The molecule has 4 N–H and O–H groups in total. The molecule has 0 spiro atoms. The summed E-state index contributed by atoms with van der Waals surface area (Å²) in [6, 6.07) is 6.00. The van der Waals surface area contributed by atoms with Crippen LogP contribution >= 0.6 is 0 Å². The van der Waals surface area contributed by atoms with Gasteiger partial charge in [-0.15, -0.1) is 0 Å². The number of hydrogen-bond acceptors (Lipinski definition) is 7. The van der Waals surface area contributed by atoms with Gasteiger partial charge in [-0.2, -0.15) is 0 Å². The lowest BCUT2D eigenvalue weighted by Crippen LogP contribution is -2.15. The Morgan fingerprint density at radius 3 is 2.76 bits per heavy atom. The largest absolute Gasteiger partial charge is 0.486 e. The summed E-state index contributed by atoms with van der Waals surface area (Å²) in [5.74, 6) is 8.13. The molecule has 0 saturated carbocycles. The second-order valence-electron chi connectivity index (χ2n) is 4.59. The number of nitrogens with one attached hydrogen (secondary N) is 2. The molecule has 2 heterocycles. The summed E-state index contributed by atoms with van der Waals surface area (Å²) in [4.78, 5) is 8.27. The zero-order valence-corrected chi connectivity index (χ0v) is 11.5. The van der Waals surface area contributed by atoms with Gasteiger partial charge in [0.25, 0.3) is 0 Å². The minimum absolute atomic E-state index is 0.527. The molecular weight excluding hydrogens is 270 g/mol. The number of rotatable bonds is 5. The molecule has 7 heteroatoms. The molecule has 1 aromatic carbocycles. The summed E-state index contributed by atoms with van der Waals surface area (Å²) in [7, 11) is 0. The predicted molar refractivity (Wildman–Crippen MR) is 79.5 cm³/mol. The van der Waals surface area contributed by atoms with Crippen molar-refractivity contribution in [2.75, 3.05) is 30.5 Å². The number of ether oxygens (including phenoxy) is 2. The Morgan fingerprint density at radius 2 is 1.90 bits per heavy atom. The first-order valence-corrected chi connectivity index (χ1v) is 6.76. The molecule has 0 aliphatic carbocycles. The highest BCUT2D eigenvalue weighted by Crippen LogP contribution is 2.30. The first-order valence-electron chi connectivity index (χ1n) is 6.76. The topological polar surface area (TPSA) is 94.3 Å². The average molecular weight is 287 g/mol. The molecule has 1 aliphatic rings. The van der Waals surface area contributed by atoms with Gasteiger partial charge in [-0.25, -0.2) is 10.8 Å². The quantitative estimate of drug-likeness (QED) is 0.561. The van der Waals surface area contributed by atoms with E-state index < -0.39 is 0 Å². The van der Waals surface area contributed by atoms with E-state index in [0.717, 1.165) is 24.5 Å². The molecule has 1 aliphatic heterocycles. The molecule has 0 fully saturated rings. The summed E-state index contributed by atoms with van der Waals surface area (Å²) in [6.45, 7) is 1.95. The Hall–Kier alpha value is -2.54. The number of nitrogens with two attached hydrogens (primary N) is 1. The SMILES string of the molecule is NNc1cncc(NCCc2ccc3c(c2)OCCO3)n1. The Balaban J connectivity index is 1.57. The first kappa shape index (κ1) is 13.4. The van der Waals surface area contributed by atoms with Crippen molar-refractivity contribution >= 4 is 11.6 Å². The van der Waals surface area contributed by atoms with Crippen molar-refractivity contribution in [2.45, 2.75) is 6.42 Å². The summed E-state index contributed by atoms with van der Waals surface area (Å²) >= 11 is 0. The van der Waals surface area contributed by atoms with Crippen LogP contribution in [0.4, 0.5) is 11.6 Å². The summed E-state index contributed by atoms with van der Waals surface area (Å²) in [6.07, 6.45) is 4.06. The molecule has 1 aromatic heterocycles. The molecule has 0 bridgehead atoms. The van der Waals surface area contributed by atoms with E-state index in [0.29, 0.717) is 24.8 Å². The Kier molecular flexibility index (Phi) is 4.02. The maximum atomic E-state index is 5.57. The highest BCUT2D eigenvalue weighted by Gasteiger charge is 2.11. The maximum absolute atomic E-state index is 5.57. The molecule has 7 nitrogen and oxygen atoms in total. The van der Waals surface area contributed by atoms with Crippen LogP contribution in [0.15, 0.2) is 30.6 Å². The van der Waals surface area contributed by atoms with Crippen LogP contribution in [0.1, 0.15) is 5.56 Å². The van der Waals surface area contributed by atoms with Gasteiger partial charge < -0.3 is 20.2 Å². The second-order valence-corrected chi connectivity index (χ2v) is 4.59. The number of hydrazine groups is 1. The Bertz CT molecular complexity index is 620.